The molecule has 1 N–H and O–H groups in total. The van der Waals surface area contributed by atoms with Gasteiger partial charge >= 0.3 is 0 Å². The van der Waals surface area contributed by atoms with Gasteiger partial charge in [0, 0.05) is 25.9 Å². The molecule has 0 amide bonds. The molecule has 0 bridgehead atoms. The number of hydrogen-bond acceptors (Lipinski definition) is 4. The van der Waals surface area contributed by atoms with Gasteiger partial charge in [0.2, 0.25) is 0 Å². The average Bonchev–Trinajstić information content (AvgIpc) is 2.28. The van der Waals surface area contributed by atoms with Gasteiger partial charge in [-0.1, -0.05) is 27.7 Å². The van der Waals surface area contributed by atoms with Gasteiger partial charge in [-0.3, -0.25) is 0 Å². The first-order chi connectivity index (χ1) is 8.47. The Labute approximate surface area is 110 Å². The lowest BCUT2D eigenvalue weighted by atomic mass is 10.1. The highest BCUT2D eigenvalue weighted by molar-refractivity contribution is 5.35. The molecule has 0 spiro atoms. The number of hydrogen-bond donors (Lipinski definition) is 1. The van der Waals surface area contributed by atoms with E-state index >= 15 is 0 Å². The highest BCUT2D eigenvalue weighted by atomic mass is 16.5. The molecule has 1 heterocycles. The van der Waals surface area contributed by atoms with E-state index in [9.17, 15) is 0 Å². The van der Waals surface area contributed by atoms with Gasteiger partial charge in [-0.2, -0.15) is 0 Å². The molecule has 1 aromatic rings. The van der Waals surface area contributed by atoms with Crippen molar-refractivity contribution in [2.45, 2.75) is 40.2 Å². The topological polar surface area (TPSA) is 47.0 Å². The van der Waals surface area contributed by atoms with Crippen molar-refractivity contribution in [2.75, 3.05) is 19.5 Å². The maximum Gasteiger partial charge on any atom is 0.159 e. The standard InChI is InChI=1S/C14H25N3O/c1-9(2)7-11-8-12(15-5)17-14(16-11)13(18-6)10(3)4/h8-10,13H,7H2,1-6H3,(H,15,16,17). The zero-order chi connectivity index (χ0) is 13.7. The van der Waals surface area contributed by atoms with E-state index in [1.165, 1.54) is 0 Å². The van der Waals surface area contributed by atoms with Crippen molar-refractivity contribution in [3.8, 4) is 0 Å². The quantitative estimate of drug-likeness (QED) is 0.844. The summed E-state index contributed by atoms with van der Waals surface area (Å²) in [7, 11) is 3.59. The van der Waals surface area contributed by atoms with Crippen LogP contribution in [0.1, 0.15) is 45.3 Å². The zero-order valence-corrected chi connectivity index (χ0v) is 12.3. The molecule has 18 heavy (non-hydrogen) atoms. The number of nitrogens with one attached hydrogen (secondary N) is 1. The maximum absolute atomic E-state index is 5.50. The van der Waals surface area contributed by atoms with Crippen LogP contribution in [0.15, 0.2) is 6.07 Å². The fourth-order valence-corrected chi connectivity index (χ4v) is 1.97. The maximum atomic E-state index is 5.50. The molecule has 0 aromatic carbocycles. The summed E-state index contributed by atoms with van der Waals surface area (Å²) in [5.41, 5.74) is 1.07. The van der Waals surface area contributed by atoms with Crippen molar-refractivity contribution in [1.29, 1.82) is 0 Å². The summed E-state index contributed by atoms with van der Waals surface area (Å²) in [6.07, 6.45) is 0.905. The largest absolute Gasteiger partial charge is 0.373 e. The second-order valence-corrected chi connectivity index (χ2v) is 5.35. The van der Waals surface area contributed by atoms with Gasteiger partial charge in [-0.05, 0) is 18.3 Å². The molecule has 0 radical (unpaired) electrons. The Morgan fingerprint density at radius 2 is 1.89 bits per heavy atom. The van der Waals surface area contributed by atoms with E-state index in [0.29, 0.717) is 11.8 Å². The highest BCUT2D eigenvalue weighted by Crippen LogP contribution is 2.24. The first kappa shape index (κ1) is 14.9. The third-order valence-corrected chi connectivity index (χ3v) is 2.78. The molecule has 0 saturated heterocycles. The molecule has 0 aliphatic carbocycles. The second kappa shape index (κ2) is 6.69. The zero-order valence-electron chi connectivity index (χ0n) is 12.3. The summed E-state index contributed by atoms with van der Waals surface area (Å²) < 4.78 is 5.50. The lowest BCUT2D eigenvalue weighted by Crippen LogP contribution is -2.15. The van der Waals surface area contributed by atoms with Crippen LogP contribution >= 0.6 is 0 Å². The predicted octanol–water partition coefficient (Wildman–Crippen LogP) is 3.06. The SMILES string of the molecule is CNc1cc(CC(C)C)nc(C(OC)C(C)C)n1. The van der Waals surface area contributed by atoms with E-state index in [2.05, 4.69) is 43.0 Å². The Kier molecular flexibility index (Phi) is 5.54. The molecule has 0 saturated carbocycles. The van der Waals surface area contributed by atoms with Crippen molar-refractivity contribution in [2.24, 2.45) is 11.8 Å². The van der Waals surface area contributed by atoms with Crippen molar-refractivity contribution in [3.63, 3.8) is 0 Å². The number of anilines is 1. The Bertz CT molecular complexity index is 377. The molecule has 0 aliphatic heterocycles. The summed E-state index contributed by atoms with van der Waals surface area (Å²) in [5, 5.41) is 3.09. The van der Waals surface area contributed by atoms with Crippen LogP contribution in [-0.2, 0) is 11.2 Å². The minimum Gasteiger partial charge on any atom is -0.373 e. The highest BCUT2D eigenvalue weighted by Gasteiger charge is 2.19. The monoisotopic (exact) mass is 251 g/mol. The molecule has 0 fully saturated rings. The lowest BCUT2D eigenvalue weighted by molar-refractivity contribution is 0.0574. The van der Waals surface area contributed by atoms with Crippen LogP contribution in [0.4, 0.5) is 5.82 Å². The molecule has 0 aliphatic rings. The fourth-order valence-electron chi connectivity index (χ4n) is 1.97. The second-order valence-electron chi connectivity index (χ2n) is 5.35. The van der Waals surface area contributed by atoms with Crippen LogP contribution in [0.5, 0.6) is 0 Å². The van der Waals surface area contributed by atoms with Gasteiger partial charge in [0.25, 0.3) is 0 Å². The molecule has 4 heteroatoms. The third-order valence-electron chi connectivity index (χ3n) is 2.78. The number of ether oxygens (including phenoxy) is 1. The van der Waals surface area contributed by atoms with Crippen LogP contribution in [-0.4, -0.2) is 24.1 Å². The predicted molar refractivity (Wildman–Crippen MR) is 74.7 cm³/mol. The Morgan fingerprint density at radius 3 is 2.33 bits per heavy atom. The molecule has 1 aromatic heterocycles. The van der Waals surface area contributed by atoms with Gasteiger partial charge in [-0.25, -0.2) is 9.97 Å². The number of methoxy groups -OCH3 is 1. The van der Waals surface area contributed by atoms with Gasteiger partial charge in [-0.15, -0.1) is 0 Å². The van der Waals surface area contributed by atoms with E-state index in [-0.39, 0.29) is 6.10 Å². The molecule has 1 atom stereocenters. The van der Waals surface area contributed by atoms with Gasteiger partial charge in [0.15, 0.2) is 5.82 Å². The normalized spacial score (nSPS) is 13.1. The van der Waals surface area contributed by atoms with E-state index in [4.69, 9.17) is 4.74 Å². The van der Waals surface area contributed by atoms with Crippen molar-refractivity contribution in [3.05, 3.63) is 17.6 Å². The van der Waals surface area contributed by atoms with E-state index in [1.54, 1.807) is 7.11 Å². The average molecular weight is 251 g/mol. The van der Waals surface area contributed by atoms with E-state index in [1.807, 2.05) is 13.1 Å². The van der Waals surface area contributed by atoms with Crippen molar-refractivity contribution < 1.29 is 4.74 Å². The van der Waals surface area contributed by atoms with Crippen molar-refractivity contribution >= 4 is 5.82 Å². The third kappa shape index (κ3) is 3.95. The first-order valence-electron chi connectivity index (χ1n) is 6.56. The van der Waals surface area contributed by atoms with Crippen LogP contribution in [0, 0.1) is 11.8 Å². The Morgan fingerprint density at radius 1 is 1.22 bits per heavy atom. The Balaban J connectivity index is 3.10. The summed E-state index contributed by atoms with van der Waals surface area (Å²) in [6.45, 7) is 8.62. The molecule has 4 nitrogen and oxygen atoms in total. The molecular weight excluding hydrogens is 226 g/mol. The molecule has 1 unspecified atom stereocenters. The number of nitrogens with zero attached hydrogens (tertiary/aromatic N) is 2. The van der Waals surface area contributed by atoms with Gasteiger partial charge in [0.05, 0.1) is 0 Å². The Hall–Kier alpha value is -1.16. The summed E-state index contributed by atoms with van der Waals surface area (Å²) in [6, 6.07) is 2.01. The molecular formula is C14H25N3O. The van der Waals surface area contributed by atoms with Crippen LogP contribution in [0.2, 0.25) is 0 Å². The van der Waals surface area contributed by atoms with Crippen LogP contribution < -0.4 is 5.32 Å². The minimum atomic E-state index is -0.0517. The van der Waals surface area contributed by atoms with Gasteiger partial charge in [0.1, 0.15) is 11.9 Å². The lowest BCUT2D eigenvalue weighted by Gasteiger charge is -2.19. The van der Waals surface area contributed by atoms with E-state index in [0.717, 1.165) is 23.8 Å². The number of rotatable bonds is 6. The summed E-state index contributed by atoms with van der Waals surface area (Å²) in [5.74, 6) is 2.57. The van der Waals surface area contributed by atoms with E-state index < -0.39 is 0 Å². The van der Waals surface area contributed by atoms with Crippen LogP contribution in [0.25, 0.3) is 0 Å². The summed E-state index contributed by atoms with van der Waals surface area (Å²) >= 11 is 0. The number of aromatic nitrogens is 2. The van der Waals surface area contributed by atoms with Crippen molar-refractivity contribution in [1.82, 2.24) is 9.97 Å². The minimum absolute atomic E-state index is 0.0517. The fraction of sp³-hybridized carbons (Fsp3) is 0.714. The molecule has 1 rings (SSSR count). The smallest absolute Gasteiger partial charge is 0.159 e. The van der Waals surface area contributed by atoms with Gasteiger partial charge < -0.3 is 10.1 Å². The van der Waals surface area contributed by atoms with Crippen LogP contribution in [0.3, 0.4) is 0 Å². The molecule has 102 valence electrons. The summed E-state index contributed by atoms with van der Waals surface area (Å²) in [4.78, 5) is 9.14. The first-order valence-corrected chi connectivity index (χ1v) is 6.56.